The molecule has 88 valence electrons. The number of aromatic nitrogens is 2. The molecule has 6 nitrogen and oxygen atoms in total. The standard InChI is InChI=1S/C11H12N4O2/c1-8-9(6-12)7-14(13-8)10-3-2-4-11(5-10)15(16)17/h2-5,7H,6,12H2,1H3. The molecule has 0 unspecified atom stereocenters. The van der Waals surface area contributed by atoms with E-state index in [9.17, 15) is 10.1 Å². The van der Waals surface area contributed by atoms with Gasteiger partial charge in [-0.15, -0.1) is 0 Å². The highest BCUT2D eigenvalue weighted by molar-refractivity contribution is 5.43. The number of nitro benzene ring substituents is 1. The smallest absolute Gasteiger partial charge is 0.271 e. The first-order valence-corrected chi connectivity index (χ1v) is 5.12. The summed E-state index contributed by atoms with van der Waals surface area (Å²) in [4.78, 5) is 10.2. The number of hydrogen-bond acceptors (Lipinski definition) is 4. The van der Waals surface area contributed by atoms with Crippen molar-refractivity contribution in [3.05, 3.63) is 51.8 Å². The molecule has 0 aliphatic carbocycles. The van der Waals surface area contributed by atoms with Crippen molar-refractivity contribution in [2.45, 2.75) is 13.5 Å². The predicted octanol–water partition coefficient (Wildman–Crippen LogP) is 1.55. The summed E-state index contributed by atoms with van der Waals surface area (Å²) in [6.07, 6.45) is 1.79. The highest BCUT2D eigenvalue weighted by Crippen LogP contribution is 2.17. The zero-order valence-electron chi connectivity index (χ0n) is 9.33. The minimum Gasteiger partial charge on any atom is -0.326 e. The zero-order valence-corrected chi connectivity index (χ0v) is 9.33. The summed E-state index contributed by atoms with van der Waals surface area (Å²) in [5.74, 6) is 0. The van der Waals surface area contributed by atoms with E-state index in [-0.39, 0.29) is 5.69 Å². The summed E-state index contributed by atoms with van der Waals surface area (Å²) < 4.78 is 1.60. The van der Waals surface area contributed by atoms with E-state index in [2.05, 4.69) is 5.10 Å². The second kappa shape index (κ2) is 4.34. The fourth-order valence-corrected chi connectivity index (χ4v) is 1.58. The molecule has 0 bridgehead atoms. The molecule has 2 rings (SSSR count). The van der Waals surface area contributed by atoms with E-state index >= 15 is 0 Å². The van der Waals surface area contributed by atoms with Gasteiger partial charge in [-0.25, -0.2) is 4.68 Å². The minimum atomic E-state index is -0.427. The Bertz CT molecular complexity index is 562. The fraction of sp³-hybridized carbons (Fsp3) is 0.182. The van der Waals surface area contributed by atoms with Gasteiger partial charge in [-0.05, 0) is 13.0 Å². The van der Waals surface area contributed by atoms with Crippen LogP contribution in [0.5, 0.6) is 0 Å². The molecule has 1 aromatic carbocycles. The van der Waals surface area contributed by atoms with E-state index in [1.807, 2.05) is 6.92 Å². The van der Waals surface area contributed by atoms with Crippen molar-refractivity contribution in [2.75, 3.05) is 0 Å². The Labute approximate surface area is 97.8 Å². The molecule has 0 fully saturated rings. The van der Waals surface area contributed by atoms with Gasteiger partial charge < -0.3 is 5.73 Å². The molecule has 0 amide bonds. The van der Waals surface area contributed by atoms with Crippen molar-refractivity contribution in [1.82, 2.24) is 9.78 Å². The third kappa shape index (κ3) is 2.16. The number of rotatable bonds is 3. The minimum absolute atomic E-state index is 0.0463. The van der Waals surface area contributed by atoms with Gasteiger partial charge in [-0.2, -0.15) is 5.10 Å². The normalized spacial score (nSPS) is 10.5. The molecule has 6 heteroatoms. The lowest BCUT2D eigenvalue weighted by Crippen LogP contribution is -1.97. The van der Waals surface area contributed by atoms with Crippen molar-refractivity contribution >= 4 is 5.69 Å². The first-order chi connectivity index (χ1) is 8.11. The molecule has 0 saturated heterocycles. The molecule has 2 aromatic rings. The first-order valence-electron chi connectivity index (χ1n) is 5.12. The molecule has 0 radical (unpaired) electrons. The Hall–Kier alpha value is -2.21. The van der Waals surface area contributed by atoms with Crippen LogP contribution in [0.4, 0.5) is 5.69 Å². The van der Waals surface area contributed by atoms with Crippen LogP contribution in [0.15, 0.2) is 30.5 Å². The molecule has 0 aliphatic rings. The van der Waals surface area contributed by atoms with E-state index in [1.54, 1.807) is 23.0 Å². The molecule has 1 aromatic heterocycles. The first kappa shape index (κ1) is 11.3. The Kier molecular flexibility index (Phi) is 2.88. The highest BCUT2D eigenvalue weighted by Gasteiger charge is 2.09. The van der Waals surface area contributed by atoms with Crippen molar-refractivity contribution in [2.24, 2.45) is 5.73 Å². The maximum atomic E-state index is 10.7. The average molecular weight is 232 g/mol. The zero-order chi connectivity index (χ0) is 12.4. The number of aryl methyl sites for hydroxylation is 1. The Morgan fingerprint density at radius 2 is 2.29 bits per heavy atom. The number of nitro groups is 1. The molecular weight excluding hydrogens is 220 g/mol. The summed E-state index contributed by atoms with van der Waals surface area (Å²) in [5.41, 5.74) is 8.02. The van der Waals surface area contributed by atoms with Crippen LogP contribution in [0.25, 0.3) is 5.69 Å². The largest absolute Gasteiger partial charge is 0.326 e. The molecule has 0 spiro atoms. The van der Waals surface area contributed by atoms with E-state index in [0.717, 1.165) is 11.3 Å². The summed E-state index contributed by atoms with van der Waals surface area (Å²) in [6, 6.07) is 6.32. The highest BCUT2D eigenvalue weighted by atomic mass is 16.6. The SMILES string of the molecule is Cc1nn(-c2cccc([N+](=O)[O-])c2)cc1CN. The second-order valence-electron chi connectivity index (χ2n) is 3.67. The van der Waals surface area contributed by atoms with Crippen LogP contribution >= 0.6 is 0 Å². The Morgan fingerprint density at radius 1 is 1.53 bits per heavy atom. The quantitative estimate of drug-likeness (QED) is 0.642. The maximum Gasteiger partial charge on any atom is 0.271 e. The van der Waals surface area contributed by atoms with Gasteiger partial charge in [0.1, 0.15) is 0 Å². The van der Waals surface area contributed by atoms with Crippen molar-refractivity contribution in [3.8, 4) is 5.69 Å². The van der Waals surface area contributed by atoms with Crippen LogP contribution in [-0.4, -0.2) is 14.7 Å². The van der Waals surface area contributed by atoms with Gasteiger partial charge in [0, 0.05) is 30.4 Å². The van der Waals surface area contributed by atoms with E-state index in [4.69, 9.17) is 5.73 Å². The summed E-state index contributed by atoms with van der Waals surface area (Å²) >= 11 is 0. The fourth-order valence-electron chi connectivity index (χ4n) is 1.58. The molecule has 0 saturated carbocycles. The lowest BCUT2D eigenvalue weighted by atomic mass is 10.2. The van der Waals surface area contributed by atoms with Gasteiger partial charge in [0.25, 0.3) is 5.69 Å². The topological polar surface area (TPSA) is 87.0 Å². The van der Waals surface area contributed by atoms with Crippen LogP contribution in [0, 0.1) is 17.0 Å². The van der Waals surface area contributed by atoms with Gasteiger partial charge >= 0.3 is 0 Å². The molecule has 2 N–H and O–H groups in total. The summed E-state index contributed by atoms with van der Waals surface area (Å²) in [7, 11) is 0. The second-order valence-corrected chi connectivity index (χ2v) is 3.67. The molecule has 1 heterocycles. The summed E-state index contributed by atoms with van der Waals surface area (Å²) in [5, 5.41) is 14.9. The maximum absolute atomic E-state index is 10.7. The third-order valence-corrected chi connectivity index (χ3v) is 2.53. The van der Waals surface area contributed by atoms with Gasteiger partial charge in [-0.1, -0.05) is 6.07 Å². The number of nitrogens with zero attached hydrogens (tertiary/aromatic N) is 3. The lowest BCUT2D eigenvalue weighted by molar-refractivity contribution is -0.384. The number of benzene rings is 1. The van der Waals surface area contributed by atoms with E-state index < -0.39 is 4.92 Å². The van der Waals surface area contributed by atoms with Crippen molar-refractivity contribution < 1.29 is 4.92 Å². The number of nitrogens with two attached hydrogens (primary N) is 1. The van der Waals surface area contributed by atoms with Crippen LogP contribution in [0.3, 0.4) is 0 Å². The van der Waals surface area contributed by atoms with Crippen LogP contribution in [-0.2, 0) is 6.54 Å². The molecule has 17 heavy (non-hydrogen) atoms. The van der Waals surface area contributed by atoms with Gasteiger partial charge in [0.05, 0.1) is 16.3 Å². The van der Waals surface area contributed by atoms with Gasteiger partial charge in [0.15, 0.2) is 0 Å². The van der Waals surface area contributed by atoms with Crippen molar-refractivity contribution in [1.29, 1.82) is 0 Å². The van der Waals surface area contributed by atoms with Crippen LogP contribution in [0.1, 0.15) is 11.3 Å². The predicted molar refractivity (Wildman–Crippen MR) is 62.8 cm³/mol. The van der Waals surface area contributed by atoms with Gasteiger partial charge in [0.2, 0.25) is 0 Å². The van der Waals surface area contributed by atoms with E-state index in [1.165, 1.54) is 12.1 Å². The monoisotopic (exact) mass is 232 g/mol. The van der Waals surface area contributed by atoms with E-state index in [0.29, 0.717) is 12.2 Å². The summed E-state index contributed by atoms with van der Waals surface area (Å²) in [6.45, 7) is 2.26. The third-order valence-electron chi connectivity index (χ3n) is 2.53. The molecule has 0 atom stereocenters. The Morgan fingerprint density at radius 3 is 2.88 bits per heavy atom. The molecular formula is C11H12N4O2. The average Bonchev–Trinajstić information content (AvgIpc) is 2.71. The van der Waals surface area contributed by atoms with Crippen LogP contribution in [0.2, 0.25) is 0 Å². The van der Waals surface area contributed by atoms with Crippen molar-refractivity contribution in [3.63, 3.8) is 0 Å². The lowest BCUT2D eigenvalue weighted by Gasteiger charge is -2.00. The number of non-ortho nitro benzene ring substituents is 1. The molecule has 0 aliphatic heterocycles. The van der Waals surface area contributed by atoms with Crippen LogP contribution < -0.4 is 5.73 Å². The Balaban J connectivity index is 2.45. The number of hydrogen-bond donors (Lipinski definition) is 1. The van der Waals surface area contributed by atoms with Gasteiger partial charge in [-0.3, -0.25) is 10.1 Å².